The Labute approximate surface area is 155 Å². The largest absolute Gasteiger partial charge is 0.494 e. The SMILES string of the molecule is COc1cnc(C(=O)N2CCCC3(CCN(c4ccsc4)C3=O)C2)nc1. The Hall–Kier alpha value is -2.48. The van der Waals surface area contributed by atoms with Crippen LogP contribution in [0.4, 0.5) is 5.69 Å². The Morgan fingerprint density at radius 3 is 2.77 bits per heavy atom. The van der Waals surface area contributed by atoms with Crippen LogP contribution in [0.3, 0.4) is 0 Å². The number of carbonyl (C=O) groups is 2. The molecule has 4 heterocycles. The Balaban J connectivity index is 1.52. The van der Waals surface area contributed by atoms with Gasteiger partial charge in [-0.05, 0) is 30.7 Å². The molecule has 136 valence electrons. The lowest BCUT2D eigenvalue weighted by molar-refractivity contribution is -0.127. The van der Waals surface area contributed by atoms with Crippen LogP contribution < -0.4 is 9.64 Å². The van der Waals surface area contributed by atoms with Crippen molar-refractivity contribution in [3.63, 3.8) is 0 Å². The Bertz CT molecular complexity index is 808. The lowest BCUT2D eigenvalue weighted by atomic mass is 9.78. The molecular weight excluding hydrogens is 352 g/mol. The van der Waals surface area contributed by atoms with Gasteiger partial charge in [0.25, 0.3) is 5.91 Å². The van der Waals surface area contributed by atoms with Crippen molar-refractivity contribution in [3.05, 3.63) is 35.0 Å². The number of piperidine rings is 1. The highest BCUT2D eigenvalue weighted by atomic mass is 32.1. The highest BCUT2D eigenvalue weighted by molar-refractivity contribution is 7.08. The summed E-state index contributed by atoms with van der Waals surface area (Å²) in [4.78, 5) is 37.7. The molecule has 2 saturated heterocycles. The van der Waals surface area contributed by atoms with Gasteiger partial charge in [-0.1, -0.05) is 0 Å². The molecule has 8 heteroatoms. The van der Waals surface area contributed by atoms with Crippen molar-refractivity contribution in [2.24, 2.45) is 5.41 Å². The van der Waals surface area contributed by atoms with Gasteiger partial charge in [0.2, 0.25) is 11.7 Å². The van der Waals surface area contributed by atoms with Gasteiger partial charge in [0, 0.05) is 25.0 Å². The molecule has 2 fully saturated rings. The summed E-state index contributed by atoms with van der Waals surface area (Å²) in [7, 11) is 1.53. The van der Waals surface area contributed by atoms with E-state index in [9.17, 15) is 9.59 Å². The second kappa shape index (κ2) is 6.68. The molecule has 2 amide bonds. The number of thiophene rings is 1. The van der Waals surface area contributed by atoms with Crippen molar-refractivity contribution in [2.75, 3.05) is 31.6 Å². The molecule has 4 rings (SSSR count). The van der Waals surface area contributed by atoms with E-state index in [0.717, 1.165) is 24.9 Å². The summed E-state index contributed by atoms with van der Waals surface area (Å²) in [5.41, 5.74) is 0.473. The van der Waals surface area contributed by atoms with Crippen molar-refractivity contribution in [1.29, 1.82) is 0 Å². The number of amides is 2. The quantitative estimate of drug-likeness (QED) is 0.826. The molecule has 0 aliphatic carbocycles. The number of aromatic nitrogens is 2. The lowest BCUT2D eigenvalue weighted by Crippen LogP contribution is -2.50. The predicted molar refractivity (Wildman–Crippen MR) is 97.4 cm³/mol. The molecule has 0 saturated carbocycles. The van der Waals surface area contributed by atoms with Crippen LogP contribution in [0.25, 0.3) is 0 Å². The van der Waals surface area contributed by atoms with Gasteiger partial charge < -0.3 is 14.5 Å². The molecule has 26 heavy (non-hydrogen) atoms. The third kappa shape index (κ3) is 2.84. The van der Waals surface area contributed by atoms with Crippen LogP contribution in [0.2, 0.25) is 0 Å². The average molecular weight is 372 g/mol. The first-order valence-corrected chi connectivity index (χ1v) is 9.57. The number of ether oxygens (including phenoxy) is 1. The molecule has 2 aromatic heterocycles. The van der Waals surface area contributed by atoms with E-state index in [1.807, 2.05) is 21.7 Å². The molecule has 7 nitrogen and oxygen atoms in total. The van der Waals surface area contributed by atoms with E-state index < -0.39 is 5.41 Å². The van der Waals surface area contributed by atoms with E-state index in [-0.39, 0.29) is 17.6 Å². The molecule has 1 unspecified atom stereocenters. The fourth-order valence-corrected chi connectivity index (χ4v) is 4.48. The molecule has 2 aliphatic rings. The summed E-state index contributed by atoms with van der Waals surface area (Å²) in [5.74, 6) is 0.551. The fraction of sp³-hybridized carbons (Fsp3) is 0.444. The highest BCUT2D eigenvalue weighted by Gasteiger charge is 2.50. The van der Waals surface area contributed by atoms with Gasteiger partial charge in [0.15, 0.2) is 5.75 Å². The van der Waals surface area contributed by atoms with E-state index in [1.165, 1.54) is 19.5 Å². The molecule has 2 aromatic rings. The third-order valence-corrected chi connectivity index (χ3v) is 5.92. The minimum Gasteiger partial charge on any atom is -0.494 e. The number of likely N-dealkylation sites (tertiary alicyclic amines) is 1. The van der Waals surface area contributed by atoms with E-state index in [0.29, 0.717) is 25.4 Å². The maximum Gasteiger partial charge on any atom is 0.291 e. The van der Waals surface area contributed by atoms with Crippen molar-refractivity contribution < 1.29 is 14.3 Å². The summed E-state index contributed by atoms with van der Waals surface area (Å²) < 4.78 is 5.03. The van der Waals surface area contributed by atoms with Gasteiger partial charge in [0.05, 0.1) is 30.6 Å². The van der Waals surface area contributed by atoms with Gasteiger partial charge in [-0.3, -0.25) is 9.59 Å². The molecule has 2 aliphatic heterocycles. The summed E-state index contributed by atoms with van der Waals surface area (Å²) in [6.07, 6.45) is 5.37. The fourth-order valence-electron chi connectivity index (χ4n) is 3.84. The van der Waals surface area contributed by atoms with E-state index in [1.54, 1.807) is 16.2 Å². The van der Waals surface area contributed by atoms with Crippen LogP contribution >= 0.6 is 11.3 Å². The number of nitrogens with zero attached hydrogens (tertiary/aromatic N) is 4. The summed E-state index contributed by atoms with van der Waals surface area (Å²) in [6, 6.07) is 1.97. The van der Waals surface area contributed by atoms with Crippen LogP contribution in [0.15, 0.2) is 29.2 Å². The number of carbonyl (C=O) groups excluding carboxylic acids is 2. The standard InChI is InChI=1S/C18H20N4O3S/c1-25-14-9-19-15(20-10-14)16(23)21-6-2-4-18(12-21)5-7-22(17(18)24)13-3-8-26-11-13/h3,8-11H,2,4-7,12H2,1H3. The Morgan fingerprint density at radius 2 is 2.08 bits per heavy atom. The third-order valence-electron chi connectivity index (χ3n) is 5.25. The van der Waals surface area contributed by atoms with E-state index in [2.05, 4.69) is 9.97 Å². The smallest absolute Gasteiger partial charge is 0.291 e. The van der Waals surface area contributed by atoms with E-state index >= 15 is 0 Å². The number of hydrogen-bond acceptors (Lipinski definition) is 6. The maximum atomic E-state index is 13.1. The monoisotopic (exact) mass is 372 g/mol. The van der Waals surface area contributed by atoms with Crippen molar-refractivity contribution in [2.45, 2.75) is 19.3 Å². The van der Waals surface area contributed by atoms with Crippen LogP contribution in [0, 0.1) is 5.41 Å². The molecule has 1 atom stereocenters. The van der Waals surface area contributed by atoms with Gasteiger partial charge in [-0.2, -0.15) is 11.3 Å². The zero-order valence-electron chi connectivity index (χ0n) is 14.6. The average Bonchev–Trinajstić information content (AvgIpc) is 3.31. The topological polar surface area (TPSA) is 75.6 Å². The van der Waals surface area contributed by atoms with Gasteiger partial charge in [-0.15, -0.1) is 0 Å². The molecule has 0 aromatic carbocycles. The molecule has 0 radical (unpaired) electrons. The first kappa shape index (κ1) is 17.0. The zero-order chi connectivity index (χ0) is 18.1. The Kier molecular flexibility index (Phi) is 4.36. The van der Waals surface area contributed by atoms with Crippen LogP contribution in [0.1, 0.15) is 29.9 Å². The second-order valence-corrected chi connectivity index (χ2v) is 7.53. The molecule has 0 bridgehead atoms. The zero-order valence-corrected chi connectivity index (χ0v) is 15.4. The summed E-state index contributed by atoms with van der Waals surface area (Å²) in [6.45, 7) is 1.76. The molecular formula is C18H20N4O3S. The second-order valence-electron chi connectivity index (χ2n) is 6.75. The van der Waals surface area contributed by atoms with Crippen molar-refractivity contribution in [1.82, 2.24) is 14.9 Å². The lowest BCUT2D eigenvalue weighted by Gasteiger charge is -2.38. The number of rotatable bonds is 3. The van der Waals surface area contributed by atoms with Gasteiger partial charge in [-0.25, -0.2) is 9.97 Å². The molecule has 1 spiro atoms. The predicted octanol–water partition coefficient (Wildman–Crippen LogP) is 2.21. The highest BCUT2D eigenvalue weighted by Crippen LogP contribution is 2.42. The Morgan fingerprint density at radius 1 is 1.27 bits per heavy atom. The van der Waals surface area contributed by atoms with Gasteiger partial charge >= 0.3 is 0 Å². The van der Waals surface area contributed by atoms with Crippen LogP contribution in [-0.4, -0.2) is 53.4 Å². The van der Waals surface area contributed by atoms with Crippen molar-refractivity contribution >= 4 is 28.8 Å². The minimum atomic E-state index is -0.484. The number of anilines is 1. The summed E-state index contributed by atoms with van der Waals surface area (Å²) >= 11 is 1.58. The minimum absolute atomic E-state index is 0.129. The maximum absolute atomic E-state index is 13.1. The number of hydrogen-bond donors (Lipinski definition) is 0. The first-order chi connectivity index (χ1) is 12.6. The number of methoxy groups -OCH3 is 1. The molecule has 0 N–H and O–H groups in total. The normalized spacial score (nSPS) is 22.9. The van der Waals surface area contributed by atoms with Crippen LogP contribution in [-0.2, 0) is 4.79 Å². The van der Waals surface area contributed by atoms with Gasteiger partial charge in [0.1, 0.15) is 0 Å². The first-order valence-electron chi connectivity index (χ1n) is 8.62. The van der Waals surface area contributed by atoms with Crippen LogP contribution in [0.5, 0.6) is 5.75 Å². The summed E-state index contributed by atoms with van der Waals surface area (Å²) in [5, 5.41) is 3.97. The van der Waals surface area contributed by atoms with Crippen molar-refractivity contribution in [3.8, 4) is 5.75 Å². The van der Waals surface area contributed by atoms with E-state index in [4.69, 9.17) is 4.74 Å².